The van der Waals surface area contributed by atoms with Gasteiger partial charge < -0.3 is 15.0 Å². The number of carbonyl (C=O) groups is 1. The van der Waals surface area contributed by atoms with E-state index in [1.165, 1.54) is 0 Å². The van der Waals surface area contributed by atoms with Crippen molar-refractivity contribution in [3.05, 3.63) is 47.7 Å². The number of hydrogen-bond donors (Lipinski definition) is 2. The van der Waals surface area contributed by atoms with Gasteiger partial charge in [-0.2, -0.15) is 5.10 Å². The fourth-order valence-electron chi connectivity index (χ4n) is 2.92. The van der Waals surface area contributed by atoms with Crippen molar-refractivity contribution in [2.75, 3.05) is 24.6 Å². The van der Waals surface area contributed by atoms with Gasteiger partial charge in [-0.05, 0) is 25.3 Å². The lowest BCUT2D eigenvalue weighted by Gasteiger charge is -2.32. The normalized spacial score (nSPS) is 15.5. The van der Waals surface area contributed by atoms with E-state index < -0.39 is 0 Å². The first-order chi connectivity index (χ1) is 11.7. The summed E-state index contributed by atoms with van der Waals surface area (Å²) < 4.78 is 5.48. The second kappa shape index (κ2) is 7.97. The van der Waals surface area contributed by atoms with Crippen LogP contribution in [0.2, 0.25) is 0 Å². The summed E-state index contributed by atoms with van der Waals surface area (Å²) in [6.45, 7) is 4.37. The summed E-state index contributed by atoms with van der Waals surface area (Å²) in [5.41, 5.74) is 2.14. The van der Waals surface area contributed by atoms with Crippen LogP contribution in [0.4, 0.5) is 5.82 Å². The molecule has 3 rings (SSSR count). The number of aromatic nitrogens is 2. The van der Waals surface area contributed by atoms with E-state index in [1.807, 2.05) is 37.3 Å². The Balaban J connectivity index is 1.35. The molecule has 24 heavy (non-hydrogen) atoms. The molecular weight excluding hydrogens is 304 g/mol. The van der Waals surface area contributed by atoms with Gasteiger partial charge in [0.05, 0.1) is 6.61 Å². The van der Waals surface area contributed by atoms with E-state index in [-0.39, 0.29) is 18.6 Å². The quantitative estimate of drug-likeness (QED) is 0.851. The lowest BCUT2D eigenvalue weighted by molar-refractivity contribution is -0.126. The molecular formula is C18H24N4O2. The lowest BCUT2D eigenvalue weighted by Crippen LogP contribution is -2.45. The largest absolute Gasteiger partial charge is 0.367 e. The molecule has 1 saturated heterocycles. The number of benzene rings is 1. The van der Waals surface area contributed by atoms with Crippen molar-refractivity contribution in [2.45, 2.75) is 32.4 Å². The van der Waals surface area contributed by atoms with E-state index in [0.717, 1.165) is 43.0 Å². The molecule has 2 N–H and O–H groups in total. The number of hydrogen-bond acceptors (Lipinski definition) is 4. The van der Waals surface area contributed by atoms with Crippen molar-refractivity contribution in [3.8, 4) is 0 Å². The molecule has 6 heteroatoms. The molecule has 0 spiro atoms. The molecule has 6 nitrogen and oxygen atoms in total. The molecule has 1 aromatic carbocycles. The molecule has 1 aromatic heterocycles. The summed E-state index contributed by atoms with van der Waals surface area (Å²) in [6.07, 6.45) is 1.85. The van der Waals surface area contributed by atoms with Crippen molar-refractivity contribution < 1.29 is 9.53 Å². The number of carbonyl (C=O) groups excluding carboxylic acids is 1. The van der Waals surface area contributed by atoms with Crippen molar-refractivity contribution in [3.63, 3.8) is 0 Å². The number of aryl methyl sites for hydroxylation is 1. The smallest absolute Gasteiger partial charge is 0.246 e. The van der Waals surface area contributed by atoms with Crippen LogP contribution in [0.1, 0.15) is 24.1 Å². The van der Waals surface area contributed by atoms with E-state index in [1.54, 1.807) is 0 Å². The number of aromatic amines is 1. The van der Waals surface area contributed by atoms with Crippen LogP contribution in [-0.4, -0.2) is 41.8 Å². The van der Waals surface area contributed by atoms with Gasteiger partial charge in [0, 0.05) is 30.9 Å². The fraction of sp³-hybridized carbons (Fsp3) is 0.444. The van der Waals surface area contributed by atoms with Gasteiger partial charge in [0.15, 0.2) is 5.82 Å². The highest BCUT2D eigenvalue weighted by molar-refractivity contribution is 5.77. The summed E-state index contributed by atoms with van der Waals surface area (Å²) in [5.74, 6) is 0.948. The first-order valence-corrected chi connectivity index (χ1v) is 8.39. The molecule has 2 heterocycles. The maximum Gasteiger partial charge on any atom is 0.246 e. The van der Waals surface area contributed by atoms with Gasteiger partial charge in [-0.3, -0.25) is 9.89 Å². The minimum atomic E-state index is -0.0417. The minimum Gasteiger partial charge on any atom is -0.367 e. The van der Waals surface area contributed by atoms with E-state index in [2.05, 4.69) is 26.5 Å². The monoisotopic (exact) mass is 328 g/mol. The SMILES string of the molecule is Cc1cc(N2CCC(NC(=O)COCc3ccccc3)CC2)n[nH]1. The summed E-state index contributed by atoms with van der Waals surface area (Å²) in [6, 6.07) is 12.1. The maximum atomic E-state index is 12.0. The number of nitrogens with one attached hydrogen (secondary N) is 2. The average Bonchev–Trinajstić information content (AvgIpc) is 3.03. The maximum absolute atomic E-state index is 12.0. The lowest BCUT2D eigenvalue weighted by atomic mass is 10.1. The minimum absolute atomic E-state index is 0.0417. The van der Waals surface area contributed by atoms with Gasteiger partial charge in [0.1, 0.15) is 6.61 Å². The zero-order chi connectivity index (χ0) is 16.8. The van der Waals surface area contributed by atoms with Crippen LogP contribution in [0.25, 0.3) is 0 Å². The van der Waals surface area contributed by atoms with Crippen molar-refractivity contribution in [2.24, 2.45) is 0 Å². The number of anilines is 1. The van der Waals surface area contributed by atoms with Crippen molar-refractivity contribution >= 4 is 11.7 Å². The molecule has 0 atom stereocenters. The molecule has 0 unspecified atom stereocenters. The molecule has 1 aliphatic rings. The Kier molecular flexibility index (Phi) is 5.48. The van der Waals surface area contributed by atoms with E-state index in [9.17, 15) is 4.79 Å². The third-order valence-corrected chi connectivity index (χ3v) is 4.22. The van der Waals surface area contributed by atoms with Crippen LogP contribution in [-0.2, 0) is 16.1 Å². The third kappa shape index (κ3) is 4.58. The van der Waals surface area contributed by atoms with Gasteiger partial charge in [0.25, 0.3) is 0 Å². The molecule has 0 bridgehead atoms. The molecule has 0 radical (unpaired) electrons. The number of amides is 1. The second-order valence-electron chi connectivity index (χ2n) is 6.22. The summed E-state index contributed by atoms with van der Waals surface area (Å²) >= 11 is 0. The van der Waals surface area contributed by atoms with Gasteiger partial charge >= 0.3 is 0 Å². The van der Waals surface area contributed by atoms with E-state index in [4.69, 9.17) is 4.74 Å². The summed E-state index contributed by atoms with van der Waals surface area (Å²) in [5, 5.41) is 10.3. The summed E-state index contributed by atoms with van der Waals surface area (Å²) in [7, 11) is 0. The topological polar surface area (TPSA) is 70.2 Å². The van der Waals surface area contributed by atoms with Crippen LogP contribution >= 0.6 is 0 Å². The van der Waals surface area contributed by atoms with Gasteiger partial charge in [0.2, 0.25) is 5.91 Å². The number of rotatable bonds is 6. The second-order valence-corrected chi connectivity index (χ2v) is 6.22. The van der Waals surface area contributed by atoms with E-state index in [0.29, 0.717) is 6.61 Å². The standard InChI is InChI=1S/C18H24N4O2/c1-14-11-17(21-20-14)22-9-7-16(8-10-22)19-18(23)13-24-12-15-5-3-2-4-6-15/h2-6,11,16H,7-10,12-13H2,1H3,(H,19,23)(H,20,21). The highest BCUT2D eigenvalue weighted by Crippen LogP contribution is 2.18. The molecule has 2 aromatic rings. The van der Waals surface area contributed by atoms with Crippen molar-refractivity contribution in [1.29, 1.82) is 0 Å². The highest BCUT2D eigenvalue weighted by Gasteiger charge is 2.22. The Labute approximate surface area is 142 Å². The van der Waals surface area contributed by atoms with Crippen molar-refractivity contribution in [1.82, 2.24) is 15.5 Å². The Hall–Kier alpha value is -2.34. The summed E-state index contributed by atoms with van der Waals surface area (Å²) in [4.78, 5) is 14.2. The molecule has 128 valence electrons. The predicted molar refractivity (Wildman–Crippen MR) is 92.8 cm³/mol. The highest BCUT2D eigenvalue weighted by atomic mass is 16.5. The Morgan fingerprint density at radius 2 is 2.08 bits per heavy atom. The first-order valence-electron chi connectivity index (χ1n) is 8.39. The third-order valence-electron chi connectivity index (χ3n) is 4.22. The average molecular weight is 328 g/mol. The fourth-order valence-corrected chi connectivity index (χ4v) is 2.92. The van der Waals surface area contributed by atoms with Crippen LogP contribution in [0, 0.1) is 6.92 Å². The van der Waals surface area contributed by atoms with E-state index >= 15 is 0 Å². The Morgan fingerprint density at radius 1 is 1.33 bits per heavy atom. The number of nitrogens with zero attached hydrogens (tertiary/aromatic N) is 2. The number of H-pyrrole nitrogens is 1. The molecule has 1 aliphatic heterocycles. The molecule has 0 saturated carbocycles. The number of ether oxygens (including phenoxy) is 1. The van der Waals surface area contributed by atoms with Crippen LogP contribution < -0.4 is 10.2 Å². The van der Waals surface area contributed by atoms with Gasteiger partial charge in [-0.15, -0.1) is 0 Å². The number of piperidine rings is 1. The predicted octanol–water partition coefficient (Wildman–Crippen LogP) is 2.02. The zero-order valence-electron chi connectivity index (χ0n) is 14.0. The zero-order valence-corrected chi connectivity index (χ0v) is 14.0. The van der Waals surface area contributed by atoms with Gasteiger partial charge in [-0.1, -0.05) is 30.3 Å². The Bertz CT molecular complexity index is 648. The van der Waals surface area contributed by atoms with Crippen LogP contribution in [0.3, 0.4) is 0 Å². The molecule has 1 amide bonds. The first kappa shape index (κ1) is 16.5. The van der Waals surface area contributed by atoms with Crippen LogP contribution in [0.5, 0.6) is 0 Å². The molecule has 1 fully saturated rings. The van der Waals surface area contributed by atoms with Crippen LogP contribution in [0.15, 0.2) is 36.4 Å². The van der Waals surface area contributed by atoms with Gasteiger partial charge in [-0.25, -0.2) is 0 Å². The molecule has 0 aliphatic carbocycles. The Morgan fingerprint density at radius 3 is 2.75 bits per heavy atom.